The molecule has 0 spiro atoms. The van der Waals surface area contributed by atoms with Gasteiger partial charge in [0.2, 0.25) is 0 Å². The molecule has 0 aromatic carbocycles. The van der Waals surface area contributed by atoms with Gasteiger partial charge in [-0.25, -0.2) is 9.80 Å². The van der Waals surface area contributed by atoms with Crippen molar-refractivity contribution in [3.63, 3.8) is 0 Å². The second-order valence-corrected chi connectivity index (χ2v) is 3.91. The highest BCUT2D eigenvalue weighted by Gasteiger charge is 2.32. The molecule has 0 N–H and O–H groups in total. The minimum absolute atomic E-state index is 0.0464. The van der Waals surface area contributed by atoms with Crippen molar-refractivity contribution in [3.05, 3.63) is 24.5 Å². The molecule has 0 saturated carbocycles. The van der Waals surface area contributed by atoms with Crippen molar-refractivity contribution in [1.82, 2.24) is 9.58 Å². The number of hydrogen-bond acceptors (Lipinski definition) is 3. The lowest BCUT2D eigenvalue weighted by molar-refractivity contribution is 0.123. The first-order valence-corrected chi connectivity index (χ1v) is 4.93. The third-order valence-corrected chi connectivity index (χ3v) is 2.29. The van der Waals surface area contributed by atoms with E-state index in [0.29, 0.717) is 6.54 Å². The molecule has 1 amide bonds. The van der Waals surface area contributed by atoms with Crippen molar-refractivity contribution >= 4 is 6.09 Å². The van der Waals surface area contributed by atoms with Crippen LogP contribution in [0.2, 0.25) is 0 Å². The summed E-state index contributed by atoms with van der Waals surface area (Å²) in [7, 11) is 3.93. The molecule has 0 bridgehead atoms. The maximum atomic E-state index is 11.5. The SMILES string of the molecule is CN(C)C[C@H]1CN(n2cccc2)C(=O)O1. The minimum atomic E-state index is -0.280. The number of rotatable bonds is 3. The number of hydrogen-bond donors (Lipinski definition) is 0. The van der Waals surface area contributed by atoms with Crippen LogP contribution in [-0.2, 0) is 4.74 Å². The van der Waals surface area contributed by atoms with Gasteiger partial charge in [-0.2, -0.15) is 0 Å². The van der Waals surface area contributed by atoms with E-state index in [0.717, 1.165) is 6.54 Å². The van der Waals surface area contributed by atoms with Gasteiger partial charge < -0.3 is 9.64 Å². The standard InChI is InChI=1S/C10H15N3O2/c1-11(2)7-9-8-13(10(14)15-9)12-5-3-4-6-12/h3-6,9H,7-8H2,1-2H3/t9-/m0/s1. The van der Waals surface area contributed by atoms with Crippen LogP contribution in [0.3, 0.4) is 0 Å². The lowest BCUT2D eigenvalue weighted by atomic mass is 10.3. The molecule has 2 heterocycles. The Kier molecular flexibility index (Phi) is 2.64. The molecule has 5 nitrogen and oxygen atoms in total. The first kappa shape index (κ1) is 10.0. The van der Waals surface area contributed by atoms with Crippen LogP contribution in [0.4, 0.5) is 4.79 Å². The predicted molar refractivity (Wildman–Crippen MR) is 56.3 cm³/mol. The number of carbonyl (C=O) groups is 1. The lowest BCUT2D eigenvalue weighted by Gasteiger charge is -2.15. The van der Waals surface area contributed by atoms with E-state index < -0.39 is 0 Å². The Labute approximate surface area is 88.8 Å². The third kappa shape index (κ3) is 2.12. The van der Waals surface area contributed by atoms with Crippen LogP contribution in [0.1, 0.15) is 0 Å². The molecule has 1 atom stereocenters. The molecular weight excluding hydrogens is 194 g/mol. The largest absolute Gasteiger partial charge is 0.442 e. The third-order valence-electron chi connectivity index (χ3n) is 2.29. The number of carbonyl (C=O) groups excluding carboxylic acids is 1. The summed E-state index contributed by atoms with van der Waals surface area (Å²) in [5, 5.41) is 1.59. The Bertz CT molecular complexity index is 334. The van der Waals surface area contributed by atoms with Gasteiger partial charge in [0.25, 0.3) is 0 Å². The summed E-state index contributed by atoms with van der Waals surface area (Å²) in [6.07, 6.45) is 3.34. The molecule has 5 heteroatoms. The Morgan fingerprint density at radius 1 is 1.47 bits per heavy atom. The number of aromatic nitrogens is 1. The Balaban J connectivity index is 2.02. The zero-order valence-electron chi connectivity index (χ0n) is 8.96. The highest BCUT2D eigenvalue weighted by atomic mass is 16.6. The maximum Gasteiger partial charge on any atom is 0.429 e. The summed E-state index contributed by atoms with van der Waals surface area (Å²) < 4.78 is 6.98. The van der Waals surface area contributed by atoms with Gasteiger partial charge in [0, 0.05) is 18.9 Å². The first-order valence-electron chi connectivity index (χ1n) is 4.93. The van der Waals surface area contributed by atoms with Gasteiger partial charge in [0.15, 0.2) is 0 Å². The molecular formula is C10H15N3O2. The normalized spacial score (nSPS) is 21.1. The van der Waals surface area contributed by atoms with Gasteiger partial charge in [-0.3, -0.25) is 4.68 Å². The van der Waals surface area contributed by atoms with Crippen molar-refractivity contribution in [2.24, 2.45) is 0 Å². The molecule has 0 radical (unpaired) electrons. The molecule has 82 valence electrons. The van der Waals surface area contributed by atoms with Crippen LogP contribution in [0, 0.1) is 0 Å². The fourth-order valence-electron chi connectivity index (χ4n) is 1.69. The van der Waals surface area contributed by atoms with Gasteiger partial charge in [0.1, 0.15) is 6.10 Å². The van der Waals surface area contributed by atoms with Crippen molar-refractivity contribution in [3.8, 4) is 0 Å². The highest BCUT2D eigenvalue weighted by molar-refractivity contribution is 5.80. The van der Waals surface area contributed by atoms with E-state index >= 15 is 0 Å². The molecule has 1 saturated heterocycles. The van der Waals surface area contributed by atoms with Gasteiger partial charge in [-0.05, 0) is 26.2 Å². The van der Waals surface area contributed by atoms with E-state index in [1.54, 1.807) is 9.69 Å². The molecule has 1 fully saturated rings. The lowest BCUT2D eigenvalue weighted by Crippen LogP contribution is -2.36. The Hall–Kier alpha value is -1.49. The van der Waals surface area contributed by atoms with E-state index in [1.165, 1.54) is 0 Å². The molecule has 0 aliphatic carbocycles. The summed E-state index contributed by atoms with van der Waals surface area (Å²) in [5.41, 5.74) is 0. The Morgan fingerprint density at radius 2 is 2.13 bits per heavy atom. The average molecular weight is 209 g/mol. The number of amides is 1. The summed E-state index contributed by atoms with van der Waals surface area (Å²) in [6.45, 7) is 1.36. The van der Waals surface area contributed by atoms with Crippen molar-refractivity contribution in [2.75, 3.05) is 32.2 Å². The average Bonchev–Trinajstić information content (AvgIpc) is 2.72. The van der Waals surface area contributed by atoms with Crippen LogP contribution < -0.4 is 5.01 Å². The smallest absolute Gasteiger partial charge is 0.429 e. The molecule has 1 aliphatic heterocycles. The second-order valence-electron chi connectivity index (χ2n) is 3.91. The van der Waals surface area contributed by atoms with Gasteiger partial charge in [-0.1, -0.05) is 0 Å². The molecule has 0 unspecified atom stereocenters. The van der Waals surface area contributed by atoms with Gasteiger partial charge in [0.05, 0.1) is 6.54 Å². The van der Waals surface area contributed by atoms with Crippen molar-refractivity contribution in [1.29, 1.82) is 0 Å². The van der Waals surface area contributed by atoms with Crippen molar-refractivity contribution in [2.45, 2.75) is 6.10 Å². The molecule has 15 heavy (non-hydrogen) atoms. The first-order chi connectivity index (χ1) is 7.16. The molecule has 1 aromatic heterocycles. The van der Waals surface area contributed by atoms with Gasteiger partial charge >= 0.3 is 6.09 Å². The zero-order chi connectivity index (χ0) is 10.8. The second kappa shape index (κ2) is 3.94. The summed E-state index contributed by atoms with van der Waals surface area (Å²) >= 11 is 0. The van der Waals surface area contributed by atoms with Crippen LogP contribution >= 0.6 is 0 Å². The van der Waals surface area contributed by atoms with E-state index in [-0.39, 0.29) is 12.2 Å². The van der Waals surface area contributed by atoms with E-state index in [4.69, 9.17) is 4.74 Å². The van der Waals surface area contributed by atoms with Crippen LogP contribution in [0.15, 0.2) is 24.5 Å². The molecule has 1 aliphatic rings. The topological polar surface area (TPSA) is 37.7 Å². The Morgan fingerprint density at radius 3 is 2.73 bits per heavy atom. The summed E-state index contributed by atoms with van der Waals surface area (Å²) in [5.74, 6) is 0. The predicted octanol–water partition coefficient (Wildman–Crippen LogP) is 0.506. The van der Waals surface area contributed by atoms with E-state index in [1.807, 2.05) is 43.5 Å². The highest BCUT2D eigenvalue weighted by Crippen LogP contribution is 2.11. The van der Waals surface area contributed by atoms with Crippen LogP contribution in [0.5, 0.6) is 0 Å². The van der Waals surface area contributed by atoms with Crippen LogP contribution in [-0.4, -0.2) is 49.0 Å². The number of ether oxygens (including phenoxy) is 1. The van der Waals surface area contributed by atoms with Crippen molar-refractivity contribution < 1.29 is 9.53 Å². The number of cyclic esters (lactones) is 1. The monoisotopic (exact) mass is 209 g/mol. The zero-order valence-corrected chi connectivity index (χ0v) is 8.96. The van der Waals surface area contributed by atoms with Gasteiger partial charge in [-0.15, -0.1) is 0 Å². The molecule has 2 rings (SSSR count). The summed E-state index contributed by atoms with van der Waals surface area (Å²) in [4.78, 5) is 13.5. The summed E-state index contributed by atoms with van der Waals surface area (Å²) in [6, 6.07) is 3.76. The van der Waals surface area contributed by atoms with E-state index in [2.05, 4.69) is 0 Å². The number of nitrogens with zero attached hydrogens (tertiary/aromatic N) is 3. The maximum absolute atomic E-state index is 11.5. The molecule has 1 aromatic rings. The fraction of sp³-hybridized carbons (Fsp3) is 0.500. The van der Waals surface area contributed by atoms with E-state index in [9.17, 15) is 4.79 Å². The minimum Gasteiger partial charge on any atom is -0.442 e. The van der Waals surface area contributed by atoms with Crippen LogP contribution in [0.25, 0.3) is 0 Å². The fourth-order valence-corrected chi connectivity index (χ4v) is 1.69. The quantitative estimate of drug-likeness (QED) is 0.727. The number of likely N-dealkylation sites (N-methyl/N-ethyl adjacent to an activating group) is 1.